The van der Waals surface area contributed by atoms with Crippen LogP contribution in [0.3, 0.4) is 0 Å². The van der Waals surface area contributed by atoms with E-state index in [9.17, 15) is 4.79 Å². The lowest BCUT2D eigenvalue weighted by molar-refractivity contribution is 0.0126. The van der Waals surface area contributed by atoms with Crippen LogP contribution < -0.4 is 5.43 Å². The fourth-order valence-corrected chi connectivity index (χ4v) is 3.48. The van der Waals surface area contributed by atoms with Gasteiger partial charge in [0.25, 0.3) is 5.91 Å². The molecule has 1 aromatic carbocycles. The van der Waals surface area contributed by atoms with Crippen molar-refractivity contribution in [2.75, 3.05) is 26.3 Å². The standard InChI is InChI=1S/C19H20ClN5O2/c1-12-11-14(19(26)23-24-7-9-27-10-8-24)17-13(2)22-25(18(17)21-12)16-6-4-3-5-15(16)20/h3-6,11H,7-10H2,1-2H3,(H,23,26). The van der Waals surface area contributed by atoms with Gasteiger partial charge in [-0.3, -0.25) is 10.2 Å². The first kappa shape index (κ1) is 17.9. The van der Waals surface area contributed by atoms with E-state index in [0.29, 0.717) is 42.5 Å². The fourth-order valence-electron chi connectivity index (χ4n) is 3.26. The van der Waals surface area contributed by atoms with E-state index in [4.69, 9.17) is 16.3 Å². The highest BCUT2D eigenvalue weighted by Gasteiger charge is 2.22. The Hall–Kier alpha value is -2.48. The molecule has 0 atom stereocenters. The average Bonchev–Trinajstić information content (AvgIpc) is 2.98. The van der Waals surface area contributed by atoms with Crippen molar-refractivity contribution in [2.24, 2.45) is 0 Å². The van der Waals surface area contributed by atoms with Gasteiger partial charge >= 0.3 is 0 Å². The molecule has 0 radical (unpaired) electrons. The summed E-state index contributed by atoms with van der Waals surface area (Å²) in [5, 5.41) is 7.79. The van der Waals surface area contributed by atoms with Crippen molar-refractivity contribution >= 4 is 28.5 Å². The summed E-state index contributed by atoms with van der Waals surface area (Å²) in [5.74, 6) is -0.172. The first-order valence-electron chi connectivity index (χ1n) is 8.80. The molecule has 1 aliphatic heterocycles. The molecule has 7 nitrogen and oxygen atoms in total. The molecular weight excluding hydrogens is 366 g/mol. The van der Waals surface area contributed by atoms with Crippen LogP contribution in [0.4, 0.5) is 0 Å². The minimum atomic E-state index is -0.172. The third-order valence-corrected chi connectivity index (χ3v) is 4.86. The van der Waals surface area contributed by atoms with Gasteiger partial charge < -0.3 is 4.74 Å². The number of halogens is 1. The fraction of sp³-hybridized carbons (Fsp3) is 0.316. The summed E-state index contributed by atoms with van der Waals surface area (Å²) < 4.78 is 7.03. The van der Waals surface area contributed by atoms with E-state index >= 15 is 0 Å². The SMILES string of the molecule is Cc1cc(C(=O)NN2CCOCC2)c2c(C)nn(-c3ccccc3Cl)c2n1. The molecule has 4 rings (SSSR count). The molecule has 2 aromatic heterocycles. The maximum Gasteiger partial charge on any atom is 0.266 e. The molecule has 3 aromatic rings. The van der Waals surface area contributed by atoms with E-state index in [2.05, 4.69) is 15.5 Å². The number of fused-ring (bicyclic) bond motifs is 1. The minimum absolute atomic E-state index is 0.172. The molecule has 0 aliphatic carbocycles. The highest BCUT2D eigenvalue weighted by molar-refractivity contribution is 6.32. The molecule has 1 fully saturated rings. The number of ether oxygens (including phenoxy) is 1. The van der Waals surface area contributed by atoms with Gasteiger partial charge in [0.15, 0.2) is 5.65 Å². The monoisotopic (exact) mass is 385 g/mol. The van der Waals surface area contributed by atoms with Gasteiger partial charge in [-0.25, -0.2) is 14.7 Å². The number of hydrogen-bond acceptors (Lipinski definition) is 5. The predicted molar refractivity (Wildman–Crippen MR) is 103 cm³/mol. The van der Waals surface area contributed by atoms with E-state index in [-0.39, 0.29) is 5.91 Å². The van der Waals surface area contributed by atoms with Crippen LogP contribution in [-0.4, -0.2) is 52.0 Å². The first-order chi connectivity index (χ1) is 13.0. The Balaban J connectivity index is 1.80. The van der Waals surface area contributed by atoms with E-state index in [1.165, 1.54) is 0 Å². The zero-order chi connectivity index (χ0) is 19.0. The Labute approximate surface area is 161 Å². The van der Waals surface area contributed by atoms with Crippen LogP contribution in [0.1, 0.15) is 21.7 Å². The Bertz CT molecular complexity index is 1010. The van der Waals surface area contributed by atoms with Gasteiger partial charge in [-0.1, -0.05) is 23.7 Å². The number of carbonyl (C=O) groups excluding carboxylic acids is 1. The number of amides is 1. The molecule has 8 heteroatoms. The van der Waals surface area contributed by atoms with E-state index < -0.39 is 0 Å². The lowest BCUT2D eigenvalue weighted by atomic mass is 10.1. The van der Waals surface area contributed by atoms with Gasteiger partial charge in [0.2, 0.25) is 0 Å². The molecule has 27 heavy (non-hydrogen) atoms. The Morgan fingerprint density at radius 1 is 1.22 bits per heavy atom. The second kappa shape index (κ2) is 7.26. The third-order valence-electron chi connectivity index (χ3n) is 4.54. The van der Waals surface area contributed by atoms with Gasteiger partial charge in [0, 0.05) is 18.8 Å². The quantitative estimate of drug-likeness (QED) is 0.750. The lowest BCUT2D eigenvalue weighted by Gasteiger charge is -2.27. The van der Waals surface area contributed by atoms with Crippen LogP contribution in [0.5, 0.6) is 0 Å². The lowest BCUT2D eigenvalue weighted by Crippen LogP contribution is -2.48. The van der Waals surface area contributed by atoms with Crippen molar-refractivity contribution in [1.29, 1.82) is 0 Å². The normalized spacial score (nSPS) is 15.2. The number of aryl methyl sites for hydroxylation is 2. The van der Waals surface area contributed by atoms with Crippen molar-refractivity contribution in [3.8, 4) is 5.69 Å². The smallest absolute Gasteiger partial charge is 0.266 e. The van der Waals surface area contributed by atoms with Gasteiger partial charge in [-0.05, 0) is 32.0 Å². The van der Waals surface area contributed by atoms with Crippen LogP contribution in [0, 0.1) is 13.8 Å². The molecule has 1 N–H and O–H groups in total. The Morgan fingerprint density at radius 2 is 1.96 bits per heavy atom. The highest BCUT2D eigenvalue weighted by atomic mass is 35.5. The number of hydrazine groups is 1. The van der Waals surface area contributed by atoms with E-state index in [0.717, 1.165) is 22.5 Å². The third kappa shape index (κ3) is 3.41. The van der Waals surface area contributed by atoms with Crippen molar-refractivity contribution in [3.63, 3.8) is 0 Å². The highest BCUT2D eigenvalue weighted by Crippen LogP contribution is 2.28. The van der Waals surface area contributed by atoms with Gasteiger partial charge in [0.05, 0.1) is 40.6 Å². The van der Waals surface area contributed by atoms with Gasteiger partial charge in [0.1, 0.15) is 0 Å². The van der Waals surface area contributed by atoms with Crippen molar-refractivity contribution in [2.45, 2.75) is 13.8 Å². The number of para-hydroxylation sites is 1. The molecule has 1 saturated heterocycles. The number of pyridine rings is 1. The Kier molecular flexibility index (Phi) is 4.82. The number of carbonyl (C=O) groups is 1. The number of rotatable bonds is 3. The first-order valence-corrected chi connectivity index (χ1v) is 9.18. The van der Waals surface area contributed by atoms with Crippen molar-refractivity contribution in [3.05, 3.63) is 52.3 Å². The summed E-state index contributed by atoms with van der Waals surface area (Å²) >= 11 is 6.35. The second-order valence-corrected chi connectivity index (χ2v) is 6.91. The van der Waals surface area contributed by atoms with Crippen molar-refractivity contribution in [1.82, 2.24) is 25.2 Å². The number of benzene rings is 1. The molecule has 1 aliphatic rings. The largest absolute Gasteiger partial charge is 0.379 e. The number of nitrogens with one attached hydrogen (secondary N) is 1. The number of nitrogens with zero attached hydrogens (tertiary/aromatic N) is 4. The number of hydrogen-bond donors (Lipinski definition) is 1. The van der Waals surface area contributed by atoms with Gasteiger partial charge in [-0.2, -0.15) is 5.10 Å². The zero-order valence-corrected chi connectivity index (χ0v) is 16.0. The molecular formula is C19H20ClN5O2. The minimum Gasteiger partial charge on any atom is -0.379 e. The summed E-state index contributed by atoms with van der Waals surface area (Å²) in [6, 6.07) is 9.24. The van der Waals surface area contributed by atoms with Crippen LogP contribution in [-0.2, 0) is 4.74 Å². The second-order valence-electron chi connectivity index (χ2n) is 6.50. The van der Waals surface area contributed by atoms with Crippen molar-refractivity contribution < 1.29 is 9.53 Å². The summed E-state index contributed by atoms with van der Waals surface area (Å²) in [7, 11) is 0. The number of morpholine rings is 1. The van der Waals surface area contributed by atoms with Crippen LogP contribution in [0.2, 0.25) is 5.02 Å². The van der Waals surface area contributed by atoms with Crippen LogP contribution >= 0.6 is 11.6 Å². The summed E-state index contributed by atoms with van der Waals surface area (Å²) in [4.78, 5) is 17.6. The Morgan fingerprint density at radius 3 is 2.70 bits per heavy atom. The van der Waals surface area contributed by atoms with Crippen LogP contribution in [0.15, 0.2) is 30.3 Å². The number of aromatic nitrogens is 3. The van der Waals surface area contributed by atoms with Crippen LogP contribution in [0.25, 0.3) is 16.7 Å². The molecule has 140 valence electrons. The molecule has 0 bridgehead atoms. The summed E-state index contributed by atoms with van der Waals surface area (Å²) in [5.41, 5.74) is 6.34. The van der Waals surface area contributed by atoms with E-state index in [1.807, 2.05) is 43.1 Å². The molecule has 3 heterocycles. The molecule has 0 saturated carbocycles. The zero-order valence-electron chi connectivity index (χ0n) is 15.2. The maximum absolute atomic E-state index is 13.0. The predicted octanol–water partition coefficient (Wildman–Crippen LogP) is 2.67. The maximum atomic E-state index is 13.0. The topological polar surface area (TPSA) is 72.3 Å². The molecule has 0 unspecified atom stereocenters. The summed E-state index contributed by atoms with van der Waals surface area (Å²) in [6.07, 6.45) is 0. The molecule has 0 spiro atoms. The summed E-state index contributed by atoms with van der Waals surface area (Å²) in [6.45, 7) is 6.28. The van der Waals surface area contributed by atoms with E-state index in [1.54, 1.807) is 10.7 Å². The average molecular weight is 386 g/mol. The molecule has 1 amide bonds. The van der Waals surface area contributed by atoms with Gasteiger partial charge in [-0.15, -0.1) is 0 Å².